The Morgan fingerprint density at radius 2 is 1.69 bits per heavy atom. The zero-order valence-electron chi connectivity index (χ0n) is 15.3. The molecule has 0 aliphatic rings. The average Bonchev–Trinajstić information content (AvgIpc) is 2.59. The molecule has 26 heavy (non-hydrogen) atoms. The summed E-state index contributed by atoms with van der Waals surface area (Å²) in [7, 11) is 3.01. The van der Waals surface area contributed by atoms with E-state index < -0.39 is 11.0 Å². The van der Waals surface area contributed by atoms with Crippen molar-refractivity contribution < 1.29 is 30.3 Å². The van der Waals surface area contributed by atoms with Gasteiger partial charge in [-0.1, -0.05) is 36.5 Å². The molecule has 11 heteroatoms. The van der Waals surface area contributed by atoms with E-state index in [-0.39, 0.29) is 25.2 Å². The Kier molecular flexibility index (Phi) is 29.5. The van der Waals surface area contributed by atoms with E-state index >= 15 is 0 Å². The Morgan fingerprint density at radius 1 is 1.15 bits per heavy atom. The maximum absolute atomic E-state index is 11.2. The molecular weight excluding hydrogens is 432 g/mol. The molecule has 0 radical (unpaired) electrons. The summed E-state index contributed by atoms with van der Waals surface area (Å²) < 4.78 is 14.1. The number of aliphatic carboxylic acids is 1. The molecular formula is C15H31Cl4NO6. The van der Waals surface area contributed by atoms with E-state index in [9.17, 15) is 9.59 Å². The van der Waals surface area contributed by atoms with Crippen LogP contribution in [0.3, 0.4) is 0 Å². The highest BCUT2D eigenvalue weighted by atomic mass is 35.5. The normalized spacial score (nSPS) is 10.9. The van der Waals surface area contributed by atoms with Crippen LogP contribution in [0.1, 0.15) is 27.6 Å². The van der Waals surface area contributed by atoms with Gasteiger partial charge in [0.25, 0.3) is 0 Å². The van der Waals surface area contributed by atoms with E-state index in [0.717, 1.165) is 12.8 Å². The second-order valence-corrected chi connectivity index (χ2v) is 6.55. The Hall–Kier alpha value is -0.0200. The predicted octanol–water partition coefficient (Wildman–Crippen LogP) is 3.72. The SMILES string of the molecule is COC(Cl)Cl.COCCOCC(=O)NCCCCC(C)C(=O)O.ClCCl.[2HH]. The number of methoxy groups -OCH3 is 2. The van der Waals surface area contributed by atoms with Gasteiger partial charge in [-0.2, -0.15) is 0 Å². The van der Waals surface area contributed by atoms with E-state index in [2.05, 4.69) is 10.1 Å². The summed E-state index contributed by atoms with van der Waals surface area (Å²) in [6.45, 7) is 3.15. The molecule has 0 aliphatic carbocycles. The number of carboxylic acids is 1. The Balaban J connectivity index is -0.000000248. The highest BCUT2D eigenvalue weighted by molar-refractivity contribution is 6.43. The third-order valence-electron chi connectivity index (χ3n) is 2.65. The molecule has 0 rings (SSSR count). The van der Waals surface area contributed by atoms with Gasteiger partial charge in [-0.25, -0.2) is 0 Å². The summed E-state index contributed by atoms with van der Waals surface area (Å²) >= 11 is 19.5. The second-order valence-electron chi connectivity index (χ2n) is 4.73. The van der Waals surface area contributed by atoms with E-state index in [0.29, 0.717) is 26.2 Å². The largest absolute Gasteiger partial charge is 0.481 e. The zero-order valence-corrected chi connectivity index (χ0v) is 18.3. The van der Waals surface area contributed by atoms with Gasteiger partial charge >= 0.3 is 5.97 Å². The monoisotopic (exact) mass is 462 g/mol. The van der Waals surface area contributed by atoms with E-state index in [1.807, 2.05) is 0 Å². The molecule has 160 valence electrons. The van der Waals surface area contributed by atoms with Gasteiger partial charge in [0.2, 0.25) is 10.9 Å². The van der Waals surface area contributed by atoms with Crippen LogP contribution in [-0.4, -0.2) is 67.9 Å². The number of carbonyl (C=O) groups excluding carboxylic acids is 1. The molecule has 0 aliphatic heterocycles. The summed E-state index contributed by atoms with van der Waals surface area (Å²) in [4.78, 5) is 21.8. The van der Waals surface area contributed by atoms with Crippen LogP contribution >= 0.6 is 46.4 Å². The molecule has 2 N–H and O–H groups in total. The second kappa shape index (κ2) is 25.0. The van der Waals surface area contributed by atoms with Crippen LogP contribution in [0.5, 0.6) is 0 Å². The number of nitrogens with one attached hydrogen (secondary N) is 1. The number of carboxylic acid groups (broad SMARTS) is 1. The van der Waals surface area contributed by atoms with E-state index in [4.69, 9.17) is 61.0 Å². The van der Waals surface area contributed by atoms with Gasteiger partial charge in [0.05, 0.1) is 24.5 Å². The molecule has 0 spiro atoms. The number of alkyl halides is 4. The molecule has 0 aromatic carbocycles. The molecule has 1 amide bonds. The van der Waals surface area contributed by atoms with Gasteiger partial charge < -0.3 is 24.6 Å². The van der Waals surface area contributed by atoms with E-state index in [1.54, 1.807) is 14.0 Å². The molecule has 1 atom stereocenters. The van der Waals surface area contributed by atoms with Crippen molar-refractivity contribution in [3.8, 4) is 0 Å². The maximum atomic E-state index is 11.2. The van der Waals surface area contributed by atoms with Gasteiger partial charge in [-0.05, 0) is 12.8 Å². The van der Waals surface area contributed by atoms with Gasteiger partial charge in [0.1, 0.15) is 6.61 Å². The molecule has 0 heterocycles. The minimum atomic E-state index is -0.773. The van der Waals surface area contributed by atoms with Crippen LogP contribution < -0.4 is 5.32 Å². The van der Waals surface area contributed by atoms with Crippen LogP contribution in [0, 0.1) is 5.92 Å². The van der Waals surface area contributed by atoms with Gasteiger partial charge in [-0.3, -0.25) is 9.59 Å². The third kappa shape index (κ3) is 31.7. The molecule has 0 aromatic rings. The summed E-state index contributed by atoms with van der Waals surface area (Å²) in [5.41, 5.74) is 0. The average molecular weight is 464 g/mol. The lowest BCUT2D eigenvalue weighted by Gasteiger charge is -2.07. The van der Waals surface area contributed by atoms with Crippen LogP contribution in [-0.2, 0) is 23.8 Å². The van der Waals surface area contributed by atoms with Crippen molar-refractivity contribution in [2.24, 2.45) is 5.92 Å². The first-order valence-electron chi connectivity index (χ1n) is 7.75. The zero-order chi connectivity index (χ0) is 20.8. The fourth-order valence-electron chi connectivity index (χ4n) is 1.28. The highest BCUT2D eigenvalue weighted by Crippen LogP contribution is 2.06. The third-order valence-corrected chi connectivity index (χ3v) is 3.01. The number of hydrogen-bond donors (Lipinski definition) is 2. The number of rotatable bonds is 12. The summed E-state index contributed by atoms with van der Waals surface area (Å²) in [5.74, 6) is -1.25. The van der Waals surface area contributed by atoms with Crippen molar-refractivity contribution >= 4 is 58.3 Å². The van der Waals surface area contributed by atoms with Crippen molar-refractivity contribution in [1.29, 1.82) is 0 Å². The Morgan fingerprint density at radius 3 is 2.12 bits per heavy atom. The number of amides is 1. The predicted molar refractivity (Wildman–Crippen MR) is 108 cm³/mol. The summed E-state index contributed by atoms with van der Waals surface area (Å²) in [6, 6.07) is 0. The quantitative estimate of drug-likeness (QED) is 0.338. The van der Waals surface area contributed by atoms with Crippen LogP contribution in [0.2, 0.25) is 0 Å². The van der Waals surface area contributed by atoms with Crippen molar-refractivity contribution in [1.82, 2.24) is 5.32 Å². The maximum Gasteiger partial charge on any atom is 0.306 e. The first kappa shape index (κ1) is 30.7. The summed E-state index contributed by atoms with van der Waals surface area (Å²) in [6.07, 6.45) is 2.20. The molecule has 0 bridgehead atoms. The van der Waals surface area contributed by atoms with Gasteiger partial charge in [-0.15, -0.1) is 23.2 Å². The number of halogens is 4. The van der Waals surface area contributed by atoms with Crippen molar-refractivity contribution in [3.63, 3.8) is 0 Å². The van der Waals surface area contributed by atoms with Crippen LogP contribution in [0.15, 0.2) is 0 Å². The topological polar surface area (TPSA) is 94.1 Å². The Bertz CT molecular complexity index is 331. The van der Waals surface area contributed by atoms with E-state index in [1.165, 1.54) is 7.11 Å². The fraction of sp³-hybridized carbons (Fsp3) is 0.867. The van der Waals surface area contributed by atoms with Gasteiger partial charge in [0.15, 0.2) is 0 Å². The van der Waals surface area contributed by atoms with Crippen molar-refractivity contribution in [2.45, 2.75) is 31.2 Å². The lowest BCUT2D eigenvalue weighted by molar-refractivity contribution is -0.141. The van der Waals surface area contributed by atoms with Crippen LogP contribution in [0.4, 0.5) is 0 Å². The lowest BCUT2D eigenvalue weighted by Crippen LogP contribution is -2.29. The number of ether oxygens (including phenoxy) is 3. The molecule has 7 nitrogen and oxygen atoms in total. The minimum absolute atomic E-state index is 0. The molecule has 1 unspecified atom stereocenters. The molecule has 0 fully saturated rings. The number of unbranched alkanes of at least 4 members (excludes halogenated alkanes) is 1. The lowest BCUT2D eigenvalue weighted by atomic mass is 10.0. The van der Waals surface area contributed by atoms with Crippen molar-refractivity contribution in [3.05, 3.63) is 0 Å². The number of hydrogen-bond acceptors (Lipinski definition) is 5. The highest BCUT2D eigenvalue weighted by Gasteiger charge is 2.09. The number of carbonyl (C=O) groups is 2. The first-order valence-corrected chi connectivity index (χ1v) is 9.69. The molecule has 0 saturated heterocycles. The smallest absolute Gasteiger partial charge is 0.306 e. The molecule has 0 saturated carbocycles. The van der Waals surface area contributed by atoms with Crippen LogP contribution in [0.25, 0.3) is 0 Å². The van der Waals surface area contributed by atoms with Gasteiger partial charge in [0, 0.05) is 22.2 Å². The first-order chi connectivity index (χ1) is 12.3. The minimum Gasteiger partial charge on any atom is -0.481 e. The Labute approximate surface area is 177 Å². The fourth-order valence-corrected chi connectivity index (χ4v) is 1.28. The summed E-state index contributed by atoms with van der Waals surface area (Å²) in [5, 5.41) is 10.9. The standard InChI is InChI=1S/C12H23NO5.C2H4Cl2O.CH2Cl2.H2/c1-10(12(15)16)5-3-4-6-13-11(14)9-18-8-7-17-2;1-5-2(3)4;2-1-3;/h10H,3-9H2,1-2H3,(H,13,14)(H,15,16);2H,1H3;1H2;1H/i;;;1+1. The molecule has 0 aromatic heterocycles. The van der Waals surface area contributed by atoms with Crippen molar-refractivity contribution in [2.75, 3.05) is 45.9 Å².